The molecule has 15 heavy (non-hydrogen) atoms. The number of hydrogen-bond donors (Lipinski definition) is 0. The van der Waals surface area contributed by atoms with Crippen LogP contribution >= 0.6 is 27.5 Å². The Balaban J connectivity index is 2.50. The summed E-state index contributed by atoms with van der Waals surface area (Å²) in [7, 11) is 0. The molecule has 0 spiro atoms. The Morgan fingerprint density at radius 1 is 1.40 bits per heavy atom. The van der Waals surface area contributed by atoms with E-state index in [-0.39, 0.29) is 19.0 Å². The normalized spacial score (nSPS) is 9.53. The van der Waals surface area contributed by atoms with E-state index in [9.17, 15) is 4.39 Å². The highest BCUT2D eigenvalue weighted by Crippen LogP contribution is 2.19. The van der Waals surface area contributed by atoms with Crippen molar-refractivity contribution in [3.63, 3.8) is 0 Å². The average Bonchev–Trinajstić information content (AvgIpc) is 2.21. The molecule has 0 amide bonds. The van der Waals surface area contributed by atoms with Gasteiger partial charge in [-0.3, -0.25) is 0 Å². The van der Waals surface area contributed by atoms with Crippen LogP contribution in [0.5, 0.6) is 0 Å². The smallest absolute Gasteiger partial charge is 0.130 e. The van der Waals surface area contributed by atoms with E-state index >= 15 is 0 Å². The molecule has 0 saturated heterocycles. The van der Waals surface area contributed by atoms with Crippen molar-refractivity contribution >= 4 is 27.5 Å². The fourth-order valence-corrected chi connectivity index (χ4v) is 1.39. The average molecular weight is 292 g/mol. The van der Waals surface area contributed by atoms with E-state index in [0.717, 1.165) is 0 Å². The van der Waals surface area contributed by atoms with Crippen molar-refractivity contribution in [3.8, 4) is 11.8 Å². The molecule has 0 aliphatic heterocycles. The molecule has 0 fully saturated rings. The molecule has 1 aromatic rings. The van der Waals surface area contributed by atoms with Crippen LogP contribution in [0, 0.1) is 17.7 Å². The molecule has 1 rings (SSSR count). The van der Waals surface area contributed by atoms with Gasteiger partial charge in [0.05, 0.1) is 11.9 Å². The van der Waals surface area contributed by atoms with Gasteiger partial charge in [-0.15, -0.1) is 0 Å². The Kier molecular flexibility index (Phi) is 5.70. The van der Waals surface area contributed by atoms with Crippen molar-refractivity contribution in [2.75, 3.05) is 11.9 Å². The number of rotatable bonds is 3. The van der Waals surface area contributed by atoms with Gasteiger partial charge in [0, 0.05) is 10.6 Å². The van der Waals surface area contributed by atoms with Gasteiger partial charge in [-0.1, -0.05) is 45.4 Å². The first-order chi connectivity index (χ1) is 7.25. The summed E-state index contributed by atoms with van der Waals surface area (Å²) in [5.74, 6) is 5.19. The van der Waals surface area contributed by atoms with Crippen LogP contribution in [-0.4, -0.2) is 11.9 Å². The molecule has 0 unspecified atom stereocenters. The molecule has 0 aliphatic rings. The zero-order valence-corrected chi connectivity index (χ0v) is 10.2. The van der Waals surface area contributed by atoms with Gasteiger partial charge in [0.25, 0.3) is 0 Å². The molecule has 0 aromatic heterocycles. The predicted octanol–water partition coefficient (Wildman–Crippen LogP) is 3.39. The van der Waals surface area contributed by atoms with Gasteiger partial charge < -0.3 is 4.74 Å². The van der Waals surface area contributed by atoms with Gasteiger partial charge >= 0.3 is 0 Å². The maximum absolute atomic E-state index is 13.2. The molecule has 4 heteroatoms. The maximum atomic E-state index is 13.2. The Morgan fingerprint density at radius 3 is 2.87 bits per heavy atom. The predicted molar refractivity (Wildman–Crippen MR) is 62.6 cm³/mol. The molecule has 0 radical (unpaired) electrons. The van der Waals surface area contributed by atoms with Crippen LogP contribution in [0.4, 0.5) is 4.39 Å². The first-order valence-electron chi connectivity index (χ1n) is 4.28. The molecule has 80 valence electrons. The van der Waals surface area contributed by atoms with E-state index in [2.05, 4.69) is 27.8 Å². The Hall–Kier alpha value is -0.560. The SMILES string of the molecule is Fc1cccc(Cl)c1COCC#CCBr. The lowest BCUT2D eigenvalue weighted by molar-refractivity contribution is 0.150. The standard InChI is InChI=1S/C11H9BrClFO/c12-6-1-2-7-15-8-9-10(13)4-3-5-11(9)14/h3-5H,6-8H2. The van der Waals surface area contributed by atoms with Crippen molar-refractivity contribution in [2.24, 2.45) is 0 Å². The zero-order chi connectivity index (χ0) is 11.1. The summed E-state index contributed by atoms with van der Waals surface area (Å²) < 4.78 is 18.4. The van der Waals surface area contributed by atoms with Crippen LogP contribution < -0.4 is 0 Å². The van der Waals surface area contributed by atoms with Crippen LogP contribution in [0.25, 0.3) is 0 Å². The van der Waals surface area contributed by atoms with Gasteiger partial charge in [0.2, 0.25) is 0 Å². The van der Waals surface area contributed by atoms with Crippen molar-refractivity contribution in [2.45, 2.75) is 6.61 Å². The van der Waals surface area contributed by atoms with Crippen LogP contribution in [0.2, 0.25) is 5.02 Å². The van der Waals surface area contributed by atoms with E-state index in [1.807, 2.05) is 0 Å². The Labute approximate surface area is 102 Å². The fraction of sp³-hybridized carbons (Fsp3) is 0.273. The lowest BCUT2D eigenvalue weighted by atomic mass is 10.2. The minimum atomic E-state index is -0.351. The summed E-state index contributed by atoms with van der Waals surface area (Å²) in [6.45, 7) is 0.415. The largest absolute Gasteiger partial charge is 0.364 e. The molecular formula is C11H9BrClFO. The third kappa shape index (κ3) is 4.21. The summed E-state index contributed by atoms with van der Waals surface area (Å²) >= 11 is 8.97. The number of hydrogen-bond acceptors (Lipinski definition) is 1. The summed E-state index contributed by atoms with van der Waals surface area (Å²) in [6.07, 6.45) is 0. The summed E-state index contributed by atoms with van der Waals surface area (Å²) in [5, 5.41) is 0.986. The lowest BCUT2D eigenvalue weighted by Gasteiger charge is -2.04. The second-order valence-electron chi connectivity index (χ2n) is 2.68. The van der Waals surface area contributed by atoms with Gasteiger partial charge in [0.15, 0.2) is 0 Å². The molecule has 0 saturated carbocycles. The quantitative estimate of drug-likeness (QED) is 0.471. The molecule has 0 aliphatic carbocycles. The first kappa shape index (κ1) is 12.5. The molecule has 0 bridgehead atoms. The first-order valence-corrected chi connectivity index (χ1v) is 5.78. The number of halogens is 3. The van der Waals surface area contributed by atoms with Crippen molar-refractivity contribution in [3.05, 3.63) is 34.6 Å². The minimum absolute atomic E-state index is 0.141. The van der Waals surface area contributed by atoms with Crippen molar-refractivity contribution in [1.29, 1.82) is 0 Å². The van der Waals surface area contributed by atoms with E-state index in [0.29, 0.717) is 15.9 Å². The van der Waals surface area contributed by atoms with Gasteiger partial charge in [-0.25, -0.2) is 4.39 Å². The molecule has 1 nitrogen and oxygen atoms in total. The summed E-state index contributed by atoms with van der Waals surface area (Å²) in [4.78, 5) is 0. The van der Waals surface area contributed by atoms with Gasteiger partial charge in [0.1, 0.15) is 12.4 Å². The van der Waals surface area contributed by atoms with E-state index in [1.165, 1.54) is 6.07 Å². The van der Waals surface area contributed by atoms with Crippen molar-refractivity contribution in [1.82, 2.24) is 0 Å². The summed E-state index contributed by atoms with van der Waals surface area (Å²) in [6, 6.07) is 4.55. The Bertz CT molecular complexity index is 364. The monoisotopic (exact) mass is 290 g/mol. The van der Waals surface area contributed by atoms with Crippen LogP contribution in [0.1, 0.15) is 5.56 Å². The topological polar surface area (TPSA) is 9.23 Å². The second kappa shape index (κ2) is 6.84. The highest BCUT2D eigenvalue weighted by atomic mass is 79.9. The number of ether oxygens (including phenoxy) is 1. The summed E-state index contributed by atoms with van der Waals surface area (Å²) in [5.41, 5.74) is 0.375. The highest BCUT2D eigenvalue weighted by Gasteiger charge is 2.05. The number of alkyl halides is 1. The molecule has 1 aromatic carbocycles. The van der Waals surface area contributed by atoms with Crippen LogP contribution in [0.3, 0.4) is 0 Å². The van der Waals surface area contributed by atoms with Crippen LogP contribution in [0.15, 0.2) is 18.2 Å². The maximum Gasteiger partial charge on any atom is 0.130 e. The molecular weight excluding hydrogens is 282 g/mol. The fourth-order valence-electron chi connectivity index (χ4n) is 0.973. The third-order valence-corrected chi connectivity index (χ3v) is 2.31. The van der Waals surface area contributed by atoms with Crippen molar-refractivity contribution < 1.29 is 9.13 Å². The zero-order valence-electron chi connectivity index (χ0n) is 7.90. The van der Waals surface area contributed by atoms with E-state index in [1.54, 1.807) is 12.1 Å². The third-order valence-electron chi connectivity index (χ3n) is 1.67. The highest BCUT2D eigenvalue weighted by molar-refractivity contribution is 9.09. The molecule has 0 atom stereocenters. The molecule has 0 N–H and O–H groups in total. The molecule has 0 heterocycles. The van der Waals surface area contributed by atoms with Gasteiger partial charge in [-0.2, -0.15) is 0 Å². The lowest BCUT2D eigenvalue weighted by Crippen LogP contribution is -1.97. The van der Waals surface area contributed by atoms with E-state index in [4.69, 9.17) is 16.3 Å². The second-order valence-corrected chi connectivity index (χ2v) is 3.65. The minimum Gasteiger partial charge on any atom is -0.364 e. The van der Waals surface area contributed by atoms with E-state index < -0.39 is 0 Å². The van der Waals surface area contributed by atoms with Crippen LogP contribution in [-0.2, 0) is 11.3 Å². The van der Waals surface area contributed by atoms with Gasteiger partial charge in [-0.05, 0) is 12.1 Å². The Morgan fingerprint density at radius 2 is 2.20 bits per heavy atom. The number of benzene rings is 1.